The molecule has 1 unspecified atom stereocenters. The number of amides is 1. The minimum Gasteiger partial charge on any atom is -0.313 e. The van der Waals surface area contributed by atoms with Crippen LogP contribution in [0.25, 0.3) is 0 Å². The summed E-state index contributed by atoms with van der Waals surface area (Å²) >= 11 is 7.38. The van der Waals surface area contributed by atoms with Crippen molar-refractivity contribution in [2.24, 2.45) is 0 Å². The Labute approximate surface area is 108 Å². The van der Waals surface area contributed by atoms with Gasteiger partial charge >= 0.3 is 0 Å². The number of nitrogens with zero attached hydrogens (tertiary/aromatic N) is 1. The van der Waals surface area contributed by atoms with Crippen molar-refractivity contribution in [1.29, 1.82) is 0 Å². The number of hydrogen-bond donors (Lipinski definition) is 1. The summed E-state index contributed by atoms with van der Waals surface area (Å²) in [7, 11) is 0. The van der Waals surface area contributed by atoms with E-state index in [1.54, 1.807) is 24.0 Å². The van der Waals surface area contributed by atoms with E-state index >= 15 is 0 Å². The van der Waals surface area contributed by atoms with Gasteiger partial charge in [0.05, 0.1) is 5.56 Å². The van der Waals surface area contributed by atoms with Crippen LogP contribution in [0.4, 0.5) is 5.82 Å². The van der Waals surface area contributed by atoms with Crippen LogP contribution in [0.15, 0.2) is 12.3 Å². The van der Waals surface area contributed by atoms with Crippen molar-refractivity contribution < 1.29 is 9.59 Å². The van der Waals surface area contributed by atoms with Gasteiger partial charge in [-0.05, 0) is 41.8 Å². The average molecular weight is 271 g/mol. The minimum absolute atomic E-state index is 0.241. The number of aromatic nitrogens is 1. The molecule has 0 spiro atoms. The molecule has 17 heavy (non-hydrogen) atoms. The number of halogens is 1. The standard InChI is InChI=1S/C11H11ClN2O2S/c12-10(16)9-7(8-2-1-5-17-8)3-4-13-11(9)14-6-15/h3-4,6,8H,1-2,5H2,(H,13,14,15). The summed E-state index contributed by atoms with van der Waals surface area (Å²) in [5.41, 5.74) is 1.19. The highest BCUT2D eigenvalue weighted by Crippen LogP contribution is 2.42. The van der Waals surface area contributed by atoms with Gasteiger partial charge in [0.15, 0.2) is 0 Å². The number of thioether (sulfide) groups is 1. The monoisotopic (exact) mass is 270 g/mol. The van der Waals surface area contributed by atoms with Crippen molar-refractivity contribution >= 4 is 40.8 Å². The third kappa shape index (κ3) is 2.61. The third-order valence-corrected chi connectivity index (χ3v) is 4.26. The van der Waals surface area contributed by atoms with Crippen LogP contribution in [-0.4, -0.2) is 22.4 Å². The van der Waals surface area contributed by atoms with Crippen LogP contribution in [0.5, 0.6) is 0 Å². The molecule has 1 amide bonds. The molecule has 0 bridgehead atoms. The normalized spacial score (nSPS) is 19.0. The molecule has 90 valence electrons. The number of anilines is 1. The smallest absolute Gasteiger partial charge is 0.256 e. The molecule has 1 aliphatic heterocycles. The van der Waals surface area contributed by atoms with Gasteiger partial charge in [-0.3, -0.25) is 9.59 Å². The first kappa shape index (κ1) is 12.4. The maximum Gasteiger partial charge on any atom is 0.256 e. The fraction of sp³-hybridized carbons (Fsp3) is 0.364. The van der Waals surface area contributed by atoms with E-state index in [1.165, 1.54) is 0 Å². The maximum absolute atomic E-state index is 11.5. The number of hydrogen-bond acceptors (Lipinski definition) is 4. The molecule has 0 saturated carbocycles. The van der Waals surface area contributed by atoms with Gasteiger partial charge in [-0.1, -0.05) is 0 Å². The van der Waals surface area contributed by atoms with Crippen LogP contribution in [0, 0.1) is 0 Å². The Bertz CT molecular complexity index is 447. The van der Waals surface area contributed by atoms with E-state index in [1.807, 2.05) is 0 Å². The van der Waals surface area contributed by atoms with Gasteiger partial charge in [0, 0.05) is 11.4 Å². The van der Waals surface area contributed by atoms with Gasteiger partial charge in [-0.15, -0.1) is 0 Å². The van der Waals surface area contributed by atoms with Crippen LogP contribution in [0.3, 0.4) is 0 Å². The molecule has 0 radical (unpaired) electrons. The van der Waals surface area contributed by atoms with E-state index in [0.717, 1.165) is 24.2 Å². The van der Waals surface area contributed by atoms with Crippen molar-refractivity contribution in [3.63, 3.8) is 0 Å². The zero-order valence-corrected chi connectivity index (χ0v) is 10.6. The summed E-state index contributed by atoms with van der Waals surface area (Å²) in [6.07, 6.45) is 4.23. The SMILES string of the molecule is O=CNc1nccc(C2CCCS2)c1C(=O)Cl. The summed E-state index contributed by atoms with van der Waals surface area (Å²) < 4.78 is 0. The number of nitrogens with one attached hydrogen (secondary N) is 1. The van der Waals surface area contributed by atoms with E-state index in [0.29, 0.717) is 12.0 Å². The lowest BCUT2D eigenvalue weighted by Gasteiger charge is -2.14. The van der Waals surface area contributed by atoms with E-state index in [2.05, 4.69) is 10.3 Å². The molecule has 1 atom stereocenters. The highest BCUT2D eigenvalue weighted by molar-refractivity contribution is 7.99. The summed E-state index contributed by atoms with van der Waals surface area (Å²) in [6, 6.07) is 1.80. The quantitative estimate of drug-likeness (QED) is 0.675. The molecule has 0 aliphatic carbocycles. The lowest BCUT2D eigenvalue weighted by Crippen LogP contribution is -2.08. The van der Waals surface area contributed by atoms with E-state index in [4.69, 9.17) is 11.6 Å². The van der Waals surface area contributed by atoms with Gasteiger partial charge in [0.1, 0.15) is 5.82 Å². The van der Waals surface area contributed by atoms with Crippen LogP contribution >= 0.6 is 23.4 Å². The second kappa shape index (κ2) is 5.51. The highest BCUT2D eigenvalue weighted by Gasteiger charge is 2.25. The topological polar surface area (TPSA) is 59.1 Å². The molecule has 2 rings (SSSR count). The number of carbonyl (C=O) groups excluding carboxylic acids is 2. The fourth-order valence-corrected chi connectivity index (χ4v) is 3.47. The molecule has 1 aromatic heterocycles. The number of carbonyl (C=O) groups is 2. The Hall–Kier alpha value is -1.07. The molecular formula is C11H11ClN2O2S. The molecule has 1 aliphatic rings. The molecular weight excluding hydrogens is 260 g/mol. The molecule has 1 fully saturated rings. The summed E-state index contributed by atoms with van der Waals surface area (Å²) in [6.45, 7) is 0. The lowest BCUT2D eigenvalue weighted by molar-refractivity contribution is -0.105. The van der Waals surface area contributed by atoms with Crippen molar-refractivity contribution in [3.8, 4) is 0 Å². The summed E-state index contributed by atoms with van der Waals surface area (Å²) in [4.78, 5) is 25.9. The molecule has 2 heterocycles. The van der Waals surface area contributed by atoms with Crippen LogP contribution in [-0.2, 0) is 4.79 Å². The highest BCUT2D eigenvalue weighted by atomic mass is 35.5. The van der Waals surface area contributed by atoms with Crippen molar-refractivity contribution in [1.82, 2.24) is 4.98 Å². The van der Waals surface area contributed by atoms with Crippen LogP contribution in [0.1, 0.15) is 34.0 Å². The first-order valence-electron chi connectivity index (χ1n) is 5.24. The van der Waals surface area contributed by atoms with Crippen molar-refractivity contribution in [2.45, 2.75) is 18.1 Å². The Morgan fingerprint density at radius 1 is 1.65 bits per heavy atom. The maximum atomic E-state index is 11.5. The lowest BCUT2D eigenvalue weighted by atomic mass is 10.0. The predicted molar refractivity (Wildman–Crippen MR) is 68.5 cm³/mol. The first-order valence-corrected chi connectivity index (χ1v) is 6.67. The van der Waals surface area contributed by atoms with Crippen molar-refractivity contribution in [3.05, 3.63) is 23.4 Å². The molecule has 6 heteroatoms. The Morgan fingerprint density at radius 2 is 2.47 bits per heavy atom. The van der Waals surface area contributed by atoms with E-state index in [-0.39, 0.29) is 11.1 Å². The molecule has 0 aromatic carbocycles. The van der Waals surface area contributed by atoms with E-state index < -0.39 is 5.24 Å². The largest absolute Gasteiger partial charge is 0.313 e. The molecule has 4 nitrogen and oxygen atoms in total. The van der Waals surface area contributed by atoms with Gasteiger partial charge in [-0.2, -0.15) is 11.8 Å². The number of pyridine rings is 1. The zero-order valence-electron chi connectivity index (χ0n) is 8.98. The van der Waals surface area contributed by atoms with Crippen LogP contribution < -0.4 is 5.32 Å². The third-order valence-electron chi connectivity index (χ3n) is 2.65. The Balaban J connectivity index is 2.45. The van der Waals surface area contributed by atoms with Gasteiger partial charge in [0.2, 0.25) is 6.41 Å². The summed E-state index contributed by atoms with van der Waals surface area (Å²) in [5, 5.41) is 2.10. The predicted octanol–water partition coefficient (Wildman–Crippen LogP) is 2.60. The number of rotatable bonds is 4. The van der Waals surface area contributed by atoms with Gasteiger partial charge in [0.25, 0.3) is 5.24 Å². The molecule has 1 N–H and O–H groups in total. The average Bonchev–Trinajstić information content (AvgIpc) is 2.82. The second-order valence-corrected chi connectivity index (χ2v) is 5.32. The van der Waals surface area contributed by atoms with Gasteiger partial charge < -0.3 is 5.32 Å². The fourth-order valence-electron chi connectivity index (χ4n) is 1.94. The second-order valence-electron chi connectivity index (χ2n) is 3.66. The Kier molecular flexibility index (Phi) is 4.02. The summed E-state index contributed by atoms with van der Waals surface area (Å²) in [5.74, 6) is 1.32. The van der Waals surface area contributed by atoms with E-state index in [9.17, 15) is 9.59 Å². The zero-order chi connectivity index (χ0) is 12.3. The first-order chi connectivity index (χ1) is 8.24. The van der Waals surface area contributed by atoms with Gasteiger partial charge in [-0.25, -0.2) is 4.98 Å². The molecule has 1 saturated heterocycles. The minimum atomic E-state index is -0.579. The Morgan fingerprint density at radius 3 is 3.06 bits per heavy atom. The van der Waals surface area contributed by atoms with Crippen molar-refractivity contribution in [2.75, 3.05) is 11.1 Å². The molecule has 1 aromatic rings. The van der Waals surface area contributed by atoms with Crippen LogP contribution in [0.2, 0.25) is 0 Å².